The standard InChI is InChI=1S/C16H15NO4/c17-14-3-1-2-12(8-14)9-15(18)21-10-11-4-6-13(7-5-11)16(19)20/h1-8H,9-10,17H2,(H,19,20). The van der Waals surface area contributed by atoms with Gasteiger partial charge in [-0.2, -0.15) is 0 Å². The molecule has 2 aromatic carbocycles. The van der Waals surface area contributed by atoms with Crippen molar-refractivity contribution in [1.82, 2.24) is 0 Å². The Morgan fingerprint density at radius 3 is 2.38 bits per heavy atom. The maximum Gasteiger partial charge on any atom is 0.335 e. The number of nitrogen functional groups attached to an aromatic ring is 1. The SMILES string of the molecule is Nc1cccc(CC(=O)OCc2ccc(C(=O)O)cc2)c1. The third-order valence-corrected chi connectivity index (χ3v) is 2.90. The molecule has 0 spiro atoms. The van der Waals surface area contributed by atoms with Crippen molar-refractivity contribution in [2.24, 2.45) is 0 Å². The number of carbonyl (C=O) groups is 2. The first-order chi connectivity index (χ1) is 10.0. The Kier molecular flexibility index (Phi) is 4.56. The first kappa shape index (κ1) is 14.6. The Morgan fingerprint density at radius 1 is 1.05 bits per heavy atom. The molecular formula is C16H15NO4. The molecule has 0 unspecified atom stereocenters. The number of ether oxygens (including phenoxy) is 1. The van der Waals surface area contributed by atoms with Crippen molar-refractivity contribution in [1.29, 1.82) is 0 Å². The second kappa shape index (κ2) is 6.56. The summed E-state index contributed by atoms with van der Waals surface area (Å²) in [6.07, 6.45) is 0.151. The van der Waals surface area contributed by atoms with Crippen molar-refractivity contribution < 1.29 is 19.4 Å². The molecule has 5 heteroatoms. The van der Waals surface area contributed by atoms with Crippen LogP contribution < -0.4 is 5.73 Å². The normalized spacial score (nSPS) is 10.1. The number of carboxylic acid groups (broad SMARTS) is 1. The monoisotopic (exact) mass is 285 g/mol. The summed E-state index contributed by atoms with van der Waals surface area (Å²) in [6, 6.07) is 13.3. The molecule has 0 amide bonds. The second-order valence-electron chi connectivity index (χ2n) is 4.58. The maximum atomic E-state index is 11.7. The number of carbonyl (C=O) groups excluding carboxylic acids is 1. The Labute approximate surface area is 122 Å². The van der Waals surface area contributed by atoms with E-state index in [9.17, 15) is 9.59 Å². The fourth-order valence-corrected chi connectivity index (χ4v) is 1.83. The molecule has 2 aromatic rings. The number of nitrogens with two attached hydrogens (primary N) is 1. The van der Waals surface area contributed by atoms with Gasteiger partial charge in [-0.05, 0) is 35.4 Å². The number of benzene rings is 2. The predicted octanol–water partition coefficient (Wildman–Crippen LogP) is 2.25. The number of carboxylic acids is 1. The Hall–Kier alpha value is -2.82. The van der Waals surface area contributed by atoms with E-state index in [4.69, 9.17) is 15.6 Å². The lowest BCUT2D eigenvalue weighted by molar-refractivity contribution is -0.144. The molecule has 0 saturated carbocycles. The van der Waals surface area contributed by atoms with Crippen molar-refractivity contribution in [2.75, 3.05) is 5.73 Å². The highest BCUT2D eigenvalue weighted by atomic mass is 16.5. The van der Waals surface area contributed by atoms with Crippen LogP contribution in [0.2, 0.25) is 0 Å². The van der Waals surface area contributed by atoms with Crippen LogP contribution in [0, 0.1) is 0 Å². The molecule has 3 N–H and O–H groups in total. The van der Waals surface area contributed by atoms with Crippen LogP contribution in [-0.2, 0) is 22.6 Å². The molecule has 0 aliphatic heterocycles. The first-order valence-corrected chi connectivity index (χ1v) is 6.37. The highest BCUT2D eigenvalue weighted by molar-refractivity contribution is 5.87. The van der Waals surface area contributed by atoms with Gasteiger partial charge in [0.2, 0.25) is 0 Å². The molecule has 0 aromatic heterocycles. The Bertz CT molecular complexity index is 650. The van der Waals surface area contributed by atoms with Crippen LogP contribution >= 0.6 is 0 Å². The van der Waals surface area contributed by atoms with Gasteiger partial charge in [0.25, 0.3) is 0 Å². The van der Waals surface area contributed by atoms with E-state index in [-0.39, 0.29) is 24.6 Å². The number of hydrogen-bond donors (Lipinski definition) is 2. The van der Waals surface area contributed by atoms with Gasteiger partial charge in [-0.25, -0.2) is 4.79 Å². The lowest BCUT2D eigenvalue weighted by Crippen LogP contribution is -2.08. The number of anilines is 1. The van der Waals surface area contributed by atoms with Gasteiger partial charge in [0.15, 0.2) is 0 Å². The van der Waals surface area contributed by atoms with Crippen LogP contribution in [0.5, 0.6) is 0 Å². The maximum absolute atomic E-state index is 11.7. The summed E-state index contributed by atoms with van der Waals surface area (Å²) in [5, 5.41) is 8.78. The van der Waals surface area contributed by atoms with Crippen molar-refractivity contribution in [2.45, 2.75) is 13.0 Å². The average molecular weight is 285 g/mol. The van der Waals surface area contributed by atoms with Crippen LogP contribution in [-0.4, -0.2) is 17.0 Å². The average Bonchev–Trinajstić information content (AvgIpc) is 2.45. The number of hydrogen-bond acceptors (Lipinski definition) is 4. The summed E-state index contributed by atoms with van der Waals surface area (Å²) >= 11 is 0. The van der Waals surface area contributed by atoms with E-state index >= 15 is 0 Å². The van der Waals surface area contributed by atoms with Gasteiger partial charge in [-0.3, -0.25) is 4.79 Å². The molecule has 0 fully saturated rings. The molecular weight excluding hydrogens is 270 g/mol. The minimum atomic E-state index is -0.986. The largest absolute Gasteiger partial charge is 0.478 e. The van der Waals surface area contributed by atoms with E-state index in [0.29, 0.717) is 5.69 Å². The van der Waals surface area contributed by atoms with Gasteiger partial charge in [0, 0.05) is 5.69 Å². The van der Waals surface area contributed by atoms with E-state index in [2.05, 4.69) is 0 Å². The van der Waals surface area contributed by atoms with Gasteiger partial charge in [0.05, 0.1) is 12.0 Å². The van der Waals surface area contributed by atoms with Crippen molar-refractivity contribution in [3.8, 4) is 0 Å². The topological polar surface area (TPSA) is 89.6 Å². The van der Waals surface area contributed by atoms with E-state index in [1.807, 2.05) is 0 Å². The van der Waals surface area contributed by atoms with Crippen LogP contribution in [0.3, 0.4) is 0 Å². The van der Waals surface area contributed by atoms with Crippen molar-refractivity contribution in [3.05, 3.63) is 65.2 Å². The van der Waals surface area contributed by atoms with Crippen LogP contribution in [0.1, 0.15) is 21.5 Å². The van der Waals surface area contributed by atoms with Crippen molar-refractivity contribution in [3.63, 3.8) is 0 Å². The summed E-state index contributed by atoms with van der Waals surface area (Å²) in [7, 11) is 0. The minimum absolute atomic E-state index is 0.112. The lowest BCUT2D eigenvalue weighted by atomic mass is 10.1. The minimum Gasteiger partial charge on any atom is -0.478 e. The smallest absolute Gasteiger partial charge is 0.335 e. The molecule has 0 aliphatic carbocycles. The molecule has 0 radical (unpaired) electrons. The number of rotatable bonds is 5. The van der Waals surface area contributed by atoms with Crippen LogP contribution in [0.15, 0.2) is 48.5 Å². The highest BCUT2D eigenvalue weighted by Gasteiger charge is 2.06. The summed E-state index contributed by atoms with van der Waals surface area (Å²) in [5.41, 5.74) is 7.97. The third-order valence-electron chi connectivity index (χ3n) is 2.90. The van der Waals surface area contributed by atoms with Gasteiger partial charge >= 0.3 is 11.9 Å². The molecule has 2 rings (SSSR count). The molecule has 108 valence electrons. The molecule has 0 saturated heterocycles. The van der Waals surface area contributed by atoms with Gasteiger partial charge in [-0.15, -0.1) is 0 Å². The molecule has 0 atom stereocenters. The van der Waals surface area contributed by atoms with E-state index < -0.39 is 5.97 Å². The zero-order valence-electron chi connectivity index (χ0n) is 11.3. The zero-order chi connectivity index (χ0) is 15.2. The van der Waals surface area contributed by atoms with Crippen LogP contribution in [0.25, 0.3) is 0 Å². The van der Waals surface area contributed by atoms with Gasteiger partial charge in [0.1, 0.15) is 6.61 Å². The number of aromatic carboxylic acids is 1. The van der Waals surface area contributed by atoms with Crippen LogP contribution in [0.4, 0.5) is 5.69 Å². The quantitative estimate of drug-likeness (QED) is 0.649. The summed E-state index contributed by atoms with van der Waals surface area (Å²) in [5.74, 6) is -1.34. The van der Waals surface area contributed by atoms with E-state index in [1.165, 1.54) is 12.1 Å². The van der Waals surface area contributed by atoms with Gasteiger partial charge in [-0.1, -0.05) is 24.3 Å². The zero-order valence-corrected chi connectivity index (χ0v) is 11.3. The molecule has 21 heavy (non-hydrogen) atoms. The van der Waals surface area contributed by atoms with Gasteiger partial charge < -0.3 is 15.6 Å². The predicted molar refractivity (Wildman–Crippen MR) is 77.8 cm³/mol. The Morgan fingerprint density at radius 2 is 1.76 bits per heavy atom. The van der Waals surface area contributed by atoms with Crippen molar-refractivity contribution >= 4 is 17.6 Å². The summed E-state index contributed by atoms with van der Waals surface area (Å²) in [4.78, 5) is 22.4. The lowest BCUT2D eigenvalue weighted by Gasteiger charge is -2.06. The highest BCUT2D eigenvalue weighted by Crippen LogP contribution is 2.10. The molecule has 0 bridgehead atoms. The summed E-state index contributed by atoms with van der Waals surface area (Å²) in [6.45, 7) is 0.112. The first-order valence-electron chi connectivity index (χ1n) is 6.37. The van der Waals surface area contributed by atoms with E-state index in [1.54, 1.807) is 36.4 Å². The third kappa shape index (κ3) is 4.35. The summed E-state index contributed by atoms with van der Waals surface area (Å²) < 4.78 is 5.15. The second-order valence-corrected chi connectivity index (χ2v) is 4.58. The number of esters is 1. The Balaban J connectivity index is 1.87. The fourth-order valence-electron chi connectivity index (χ4n) is 1.83. The fraction of sp³-hybridized carbons (Fsp3) is 0.125. The molecule has 0 heterocycles. The molecule has 0 aliphatic rings. The molecule has 5 nitrogen and oxygen atoms in total. The van der Waals surface area contributed by atoms with E-state index in [0.717, 1.165) is 11.1 Å².